The molecule has 2 aromatic rings. The van der Waals surface area contributed by atoms with Crippen LogP contribution in [0.5, 0.6) is 0 Å². The molecule has 1 saturated heterocycles. The number of carbonyl (C=O) groups excluding carboxylic acids is 1. The maximum absolute atomic E-state index is 13.2. The number of nitriles is 1. The van der Waals surface area contributed by atoms with Crippen molar-refractivity contribution >= 4 is 11.7 Å². The quantitative estimate of drug-likeness (QED) is 0.890. The van der Waals surface area contributed by atoms with Crippen molar-refractivity contribution in [2.45, 2.75) is 31.4 Å². The maximum Gasteiger partial charge on any atom is 0.322 e. The van der Waals surface area contributed by atoms with Gasteiger partial charge in [0.2, 0.25) is 0 Å². The molecule has 0 aliphatic carbocycles. The number of hydrogen-bond donors (Lipinski definition) is 2. The predicted molar refractivity (Wildman–Crippen MR) is 88.1 cm³/mol. The minimum Gasteiger partial charge on any atom is -0.467 e. The number of furan rings is 1. The third kappa shape index (κ3) is 3.80. The molecule has 1 aliphatic heterocycles. The monoisotopic (exact) mass is 343 g/mol. The second kappa shape index (κ2) is 7.36. The van der Waals surface area contributed by atoms with Crippen LogP contribution in [-0.2, 0) is 0 Å². The van der Waals surface area contributed by atoms with Gasteiger partial charge in [-0.05, 0) is 43.2 Å². The molecule has 0 spiro atoms. The van der Waals surface area contributed by atoms with E-state index in [1.807, 2.05) is 6.07 Å². The van der Waals surface area contributed by atoms with E-state index in [0.717, 1.165) is 18.9 Å². The van der Waals surface area contributed by atoms with Crippen LogP contribution in [0.2, 0.25) is 0 Å². The highest BCUT2D eigenvalue weighted by Crippen LogP contribution is 2.28. The summed E-state index contributed by atoms with van der Waals surface area (Å²) in [6.07, 6.45) is 2.69. The van der Waals surface area contributed by atoms with Gasteiger partial charge in [0, 0.05) is 19.0 Å². The van der Waals surface area contributed by atoms with E-state index < -0.39 is 11.9 Å². The van der Waals surface area contributed by atoms with Gasteiger partial charge in [0.25, 0.3) is 0 Å². The molecule has 3 rings (SSSR count). The Balaban J connectivity index is 1.68. The number of carbonyl (C=O) groups is 1. The number of aliphatic hydroxyl groups is 1. The molecule has 25 heavy (non-hydrogen) atoms. The van der Waals surface area contributed by atoms with Crippen LogP contribution in [0.4, 0.5) is 14.9 Å². The first-order valence-electron chi connectivity index (χ1n) is 8.07. The average Bonchev–Trinajstić information content (AvgIpc) is 3.27. The fourth-order valence-electron chi connectivity index (χ4n) is 3.11. The Morgan fingerprint density at radius 3 is 3.08 bits per heavy atom. The molecule has 1 aromatic carbocycles. The predicted octanol–water partition coefficient (Wildman–Crippen LogP) is 3.41. The molecule has 0 radical (unpaired) electrons. The standard InChI is InChI=1S/C18H18FN3O3/c19-13-5-6-15(12(9-13)11-20)21-18(24)22-7-1-3-14(22)10-16(23)17-4-2-8-25-17/h2,4-6,8-9,14,16,23H,1,3,7,10H2,(H,21,24). The number of urea groups is 1. The van der Waals surface area contributed by atoms with Crippen LogP contribution in [0.25, 0.3) is 0 Å². The molecule has 130 valence electrons. The molecule has 0 saturated carbocycles. The van der Waals surface area contributed by atoms with Crippen molar-refractivity contribution in [1.29, 1.82) is 5.26 Å². The lowest BCUT2D eigenvalue weighted by atomic mass is 10.1. The fourth-order valence-corrected chi connectivity index (χ4v) is 3.11. The van der Waals surface area contributed by atoms with Crippen LogP contribution in [-0.4, -0.2) is 28.6 Å². The third-order valence-corrected chi connectivity index (χ3v) is 4.35. The van der Waals surface area contributed by atoms with Crippen molar-refractivity contribution in [2.75, 3.05) is 11.9 Å². The molecule has 1 fully saturated rings. The van der Waals surface area contributed by atoms with E-state index in [9.17, 15) is 14.3 Å². The van der Waals surface area contributed by atoms with Crippen molar-refractivity contribution in [3.63, 3.8) is 0 Å². The van der Waals surface area contributed by atoms with E-state index in [-0.39, 0.29) is 23.3 Å². The van der Waals surface area contributed by atoms with Crippen molar-refractivity contribution < 1.29 is 18.7 Å². The minimum absolute atomic E-state index is 0.0692. The lowest BCUT2D eigenvalue weighted by Crippen LogP contribution is -2.39. The first kappa shape index (κ1) is 17.0. The number of likely N-dealkylation sites (tertiary alicyclic amines) is 1. The van der Waals surface area contributed by atoms with Crippen molar-refractivity contribution in [2.24, 2.45) is 0 Å². The van der Waals surface area contributed by atoms with Gasteiger partial charge in [-0.3, -0.25) is 0 Å². The summed E-state index contributed by atoms with van der Waals surface area (Å²) in [6.45, 7) is 0.560. The van der Waals surface area contributed by atoms with Crippen molar-refractivity contribution in [1.82, 2.24) is 4.90 Å². The Labute approximate surface area is 144 Å². The van der Waals surface area contributed by atoms with E-state index in [4.69, 9.17) is 9.68 Å². The zero-order chi connectivity index (χ0) is 17.8. The Kier molecular flexibility index (Phi) is 5.00. The van der Waals surface area contributed by atoms with E-state index in [1.54, 1.807) is 17.0 Å². The average molecular weight is 343 g/mol. The summed E-state index contributed by atoms with van der Waals surface area (Å²) in [6, 6.07) is 8.42. The molecule has 2 atom stereocenters. The molecule has 0 bridgehead atoms. The molecular weight excluding hydrogens is 325 g/mol. The second-order valence-electron chi connectivity index (χ2n) is 5.99. The van der Waals surface area contributed by atoms with Crippen molar-refractivity contribution in [3.8, 4) is 6.07 Å². The van der Waals surface area contributed by atoms with Gasteiger partial charge in [-0.25, -0.2) is 9.18 Å². The summed E-state index contributed by atoms with van der Waals surface area (Å²) in [5.74, 6) is -0.0623. The van der Waals surface area contributed by atoms with Crippen LogP contribution in [0.3, 0.4) is 0 Å². The Morgan fingerprint density at radius 1 is 1.52 bits per heavy atom. The Morgan fingerprint density at radius 2 is 2.36 bits per heavy atom. The molecule has 7 heteroatoms. The topological polar surface area (TPSA) is 89.5 Å². The molecule has 6 nitrogen and oxygen atoms in total. The SMILES string of the molecule is N#Cc1cc(F)ccc1NC(=O)N1CCCC1CC(O)c1ccco1. The summed E-state index contributed by atoms with van der Waals surface area (Å²) in [5.41, 5.74) is 0.339. The molecule has 1 aliphatic rings. The molecule has 2 amide bonds. The maximum atomic E-state index is 13.2. The molecule has 1 aromatic heterocycles. The molecular formula is C18H18FN3O3. The van der Waals surface area contributed by atoms with Crippen LogP contribution < -0.4 is 5.32 Å². The number of benzene rings is 1. The van der Waals surface area contributed by atoms with Crippen LogP contribution in [0.1, 0.15) is 36.7 Å². The van der Waals surface area contributed by atoms with Gasteiger partial charge in [-0.15, -0.1) is 0 Å². The molecule has 2 N–H and O–H groups in total. The van der Waals surface area contributed by atoms with Gasteiger partial charge < -0.3 is 19.7 Å². The first-order chi connectivity index (χ1) is 12.1. The highest BCUT2D eigenvalue weighted by Gasteiger charge is 2.31. The molecule has 2 unspecified atom stereocenters. The number of nitrogens with one attached hydrogen (secondary N) is 1. The van der Waals surface area contributed by atoms with E-state index in [1.165, 1.54) is 18.4 Å². The zero-order valence-electron chi connectivity index (χ0n) is 13.5. The first-order valence-corrected chi connectivity index (χ1v) is 8.07. The number of aliphatic hydroxyl groups excluding tert-OH is 1. The van der Waals surface area contributed by atoms with Gasteiger partial charge in [-0.2, -0.15) is 5.26 Å². The van der Waals surface area contributed by atoms with Crippen molar-refractivity contribution in [3.05, 3.63) is 53.7 Å². The summed E-state index contributed by atoms with van der Waals surface area (Å²) in [7, 11) is 0. The fraction of sp³-hybridized carbons (Fsp3) is 0.333. The number of halogens is 1. The third-order valence-electron chi connectivity index (χ3n) is 4.35. The van der Waals surface area contributed by atoms with E-state index >= 15 is 0 Å². The summed E-state index contributed by atoms with van der Waals surface area (Å²) in [4.78, 5) is 14.2. The summed E-state index contributed by atoms with van der Waals surface area (Å²) < 4.78 is 18.4. The summed E-state index contributed by atoms with van der Waals surface area (Å²) in [5, 5.41) is 22.0. The van der Waals surface area contributed by atoms with Gasteiger partial charge in [0.1, 0.15) is 23.8 Å². The normalized spacial score (nSPS) is 18.0. The number of hydrogen-bond acceptors (Lipinski definition) is 4. The van der Waals surface area contributed by atoms with Gasteiger partial charge in [-0.1, -0.05) is 0 Å². The lowest BCUT2D eigenvalue weighted by Gasteiger charge is -2.26. The van der Waals surface area contributed by atoms with Gasteiger partial charge in [0.05, 0.1) is 17.5 Å². The van der Waals surface area contributed by atoms with Crippen LogP contribution >= 0.6 is 0 Å². The van der Waals surface area contributed by atoms with Crippen LogP contribution in [0, 0.1) is 17.1 Å². The number of anilines is 1. The van der Waals surface area contributed by atoms with E-state index in [0.29, 0.717) is 18.7 Å². The van der Waals surface area contributed by atoms with Crippen LogP contribution in [0.15, 0.2) is 41.0 Å². The summed E-state index contributed by atoms with van der Waals surface area (Å²) >= 11 is 0. The Bertz CT molecular complexity index is 785. The highest BCUT2D eigenvalue weighted by atomic mass is 19.1. The molecule has 2 heterocycles. The minimum atomic E-state index is -0.783. The highest BCUT2D eigenvalue weighted by molar-refractivity contribution is 5.91. The zero-order valence-corrected chi connectivity index (χ0v) is 13.5. The Hall–Kier alpha value is -2.85. The van der Waals surface area contributed by atoms with Gasteiger partial charge >= 0.3 is 6.03 Å². The smallest absolute Gasteiger partial charge is 0.322 e. The number of rotatable bonds is 4. The van der Waals surface area contributed by atoms with Gasteiger partial charge in [0.15, 0.2) is 0 Å². The largest absolute Gasteiger partial charge is 0.467 e. The van der Waals surface area contributed by atoms with E-state index in [2.05, 4.69) is 5.32 Å². The lowest BCUT2D eigenvalue weighted by molar-refractivity contribution is 0.110. The number of amides is 2. The second-order valence-corrected chi connectivity index (χ2v) is 5.99. The number of nitrogens with zero attached hydrogens (tertiary/aromatic N) is 2.